The first-order valence-corrected chi connectivity index (χ1v) is 26.2. The molecule has 0 aliphatic rings. The van der Waals surface area contributed by atoms with Gasteiger partial charge in [0.25, 0.3) is 0 Å². The molecule has 8 rings (SSSR count). The Balaban J connectivity index is 0.000000236. The summed E-state index contributed by atoms with van der Waals surface area (Å²) >= 11 is -2.24. The second-order valence-electron chi connectivity index (χ2n) is 16.9. The van der Waals surface area contributed by atoms with Crippen molar-refractivity contribution in [3.63, 3.8) is 0 Å². The van der Waals surface area contributed by atoms with Crippen molar-refractivity contribution in [1.29, 1.82) is 0 Å². The second kappa shape index (κ2) is 16.4. The van der Waals surface area contributed by atoms with Gasteiger partial charge >= 0.3 is 135 Å². The summed E-state index contributed by atoms with van der Waals surface area (Å²) in [5, 5.41) is 5.11. The molecule has 0 amide bonds. The van der Waals surface area contributed by atoms with Crippen LogP contribution in [-0.2, 0) is 26.5 Å². The minimum Gasteiger partial charge on any atom is 0 e. The van der Waals surface area contributed by atoms with Crippen molar-refractivity contribution in [2.75, 3.05) is 0 Å². The number of hydrogen-bond donors (Lipinski definition) is 0. The van der Waals surface area contributed by atoms with Gasteiger partial charge in [0, 0.05) is 38.5 Å². The van der Waals surface area contributed by atoms with Crippen LogP contribution in [0.5, 0.6) is 0 Å². The fraction of sp³-hybridized carbons (Fsp3) is 0.294. The van der Waals surface area contributed by atoms with Crippen LogP contribution in [0.3, 0.4) is 0 Å². The van der Waals surface area contributed by atoms with Crippen LogP contribution in [-0.4, -0.2) is 23.2 Å². The summed E-state index contributed by atoms with van der Waals surface area (Å²) in [6.07, 6.45) is 2.16. The van der Waals surface area contributed by atoms with Crippen molar-refractivity contribution in [2.45, 2.75) is 90.7 Å². The van der Waals surface area contributed by atoms with E-state index >= 15 is 0 Å². The van der Waals surface area contributed by atoms with Crippen LogP contribution in [0.4, 0.5) is 0 Å². The molecule has 1 radical (unpaired) electrons. The fourth-order valence-electron chi connectivity index (χ4n) is 7.16. The molecule has 8 aromatic rings. The zero-order valence-corrected chi connectivity index (χ0v) is 38.4. The molecule has 56 heavy (non-hydrogen) atoms. The van der Waals surface area contributed by atoms with Gasteiger partial charge in [-0.2, -0.15) is 0 Å². The Morgan fingerprint density at radius 3 is 2.27 bits per heavy atom. The molecule has 0 saturated heterocycles. The number of aromatic nitrogens is 2. The molecule has 3 nitrogen and oxygen atoms in total. The molecule has 3 aromatic heterocycles. The monoisotopic (exact) mass is 984 g/mol. The zero-order chi connectivity index (χ0) is 45.4. The molecule has 0 unspecified atom stereocenters. The van der Waals surface area contributed by atoms with Gasteiger partial charge < -0.3 is 9.40 Å². The van der Waals surface area contributed by atoms with Gasteiger partial charge in [-0.3, -0.25) is 0 Å². The minimum absolute atomic E-state index is 0. The summed E-state index contributed by atoms with van der Waals surface area (Å²) < 4.78 is 67.3. The average molecular weight is 983 g/mol. The maximum Gasteiger partial charge on any atom is 0 e. The van der Waals surface area contributed by atoms with Gasteiger partial charge in [0.15, 0.2) is 0 Å². The van der Waals surface area contributed by atoms with Crippen molar-refractivity contribution >= 4 is 61.1 Å². The number of fused-ring (bicyclic) bond motifs is 6. The largest absolute Gasteiger partial charge is 0 e. The standard InChI is InChI=1S/C32H28NO.C19H26GeN.Ir/c1-18(2)21-12-13-33-29(15-21)24-11-10-20(5)31-28-16-26-23-9-7-6-8-22(23)14-25(19(3)4)27(26)17-30(28)34-32(24)31;1-19(2,3)13-16-12-18(15-10-8-7-9-11-15)21-14-17(16)20(4,5)6;/h6-10,12-19H,1-5H3;7-10,12,14H,13H2,1-6H3;/q2*-1;/i5D3,18D,19D;13D2;. The first-order valence-electron chi connectivity index (χ1n) is 22.4. The predicted molar refractivity (Wildman–Crippen MR) is 238 cm³/mol. The number of rotatable bonds is 6. The summed E-state index contributed by atoms with van der Waals surface area (Å²) in [5.74, 6) is 5.16. The first kappa shape index (κ1) is 32.9. The van der Waals surface area contributed by atoms with E-state index in [-0.39, 0.29) is 25.7 Å². The molecule has 3 heterocycles. The van der Waals surface area contributed by atoms with Gasteiger partial charge in [-0.1, -0.05) is 87.5 Å². The van der Waals surface area contributed by atoms with E-state index in [1.165, 1.54) is 6.07 Å². The van der Waals surface area contributed by atoms with Crippen LogP contribution in [0.2, 0.25) is 17.3 Å². The van der Waals surface area contributed by atoms with E-state index in [4.69, 9.17) is 14.0 Å². The van der Waals surface area contributed by atoms with E-state index in [2.05, 4.69) is 45.4 Å². The maximum atomic E-state index is 8.85. The second-order valence-corrected chi connectivity index (χ2v) is 27.4. The number of nitrogens with zero attached hydrogens (tertiary/aromatic N) is 2. The van der Waals surface area contributed by atoms with Gasteiger partial charge in [0.1, 0.15) is 5.58 Å². The molecule has 0 aliphatic heterocycles. The first-order chi connectivity index (χ1) is 28.7. The van der Waals surface area contributed by atoms with Gasteiger partial charge in [0.05, 0.1) is 5.58 Å². The van der Waals surface area contributed by atoms with E-state index < -0.39 is 43.7 Å². The van der Waals surface area contributed by atoms with Crippen LogP contribution in [0.15, 0.2) is 108 Å². The third-order valence-corrected chi connectivity index (χ3v) is 14.1. The Hall–Kier alpha value is -4.09. The number of hydrogen-bond acceptors (Lipinski definition) is 3. The third kappa shape index (κ3) is 8.59. The van der Waals surface area contributed by atoms with Crippen molar-refractivity contribution in [3.8, 4) is 22.5 Å². The van der Waals surface area contributed by atoms with E-state index in [0.29, 0.717) is 33.2 Å². The molecular formula is C51H54GeIrN2O-2. The number of aryl methyl sites for hydroxylation is 1. The zero-order valence-electron chi connectivity index (χ0n) is 41.0. The Morgan fingerprint density at radius 1 is 0.821 bits per heavy atom. The third-order valence-electron chi connectivity index (χ3n) is 9.87. The molecule has 5 heteroatoms. The number of pyridine rings is 2. The van der Waals surface area contributed by atoms with Crippen molar-refractivity contribution in [2.24, 2.45) is 5.41 Å². The van der Waals surface area contributed by atoms with E-state index in [1.54, 1.807) is 6.20 Å². The summed E-state index contributed by atoms with van der Waals surface area (Å²) in [7, 11) is 0. The average Bonchev–Trinajstić information content (AvgIpc) is 3.56. The summed E-state index contributed by atoms with van der Waals surface area (Å²) in [4.78, 5) is 9.16. The molecule has 0 saturated carbocycles. The van der Waals surface area contributed by atoms with E-state index in [9.17, 15) is 0 Å². The molecule has 289 valence electrons. The summed E-state index contributed by atoms with van der Waals surface area (Å²) in [6.45, 7) is 10.8. The fourth-order valence-corrected chi connectivity index (χ4v) is 10.1. The quantitative estimate of drug-likeness (QED) is 0.0947. The van der Waals surface area contributed by atoms with Crippen LogP contribution in [0.25, 0.3) is 66.0 Å². The summed E-state index contributed by atoms with van der Waals surface area (Å²) in [6, 6.07) is 35.2. The van der Waals surface area contributed by atoms with E-state index in [0.717, 1.165) is 53.9 Å². The van der Waals surface area contributed by atoms with Crippen molar-refractivity contribution in [3.05, 3.63) is 138 Å². The Bertz CT molecular complexity index is 2970. The topological polar surface area (TPSA) is 38.9 Å². The van der Waals surface area contributed by atoms with Crippen LogP contribution < -0.4 is 4.40 Å². The van der Waals surface area contributed by atoms with Crippen LogP contribution in [0, 0.1) is 24.4 Å². The van der Waals surface area contributed by atoms with Crippen LogP contribution in [0.1, 0.15) is 92.1 Å². The molecular weight excluding hydrogens is 921 g/mol. The molecule has 5 aromatic carbocycles. The maximum absolute atomic E-state index is 8.85. The predicted octanol–water partition coefficient (Wildman–Crippen LogP) is 14.0. The summed E-state index contributed by atoms with van der Waals surface area (Å²) in [5.41, 5.74) is 5.91. The Kier molecular flexibility index (Phi) is 9.65. The van der Waals surface area contributed by atoms with Gasteiger partial charge in [-0.05, 0) is 62.8 Å². The molecule has 0 N–H and O–H groups in total. The normalized spacial score (nSPS) is 14.8. The molecule has 0 atom stereocenters. The minimum atomic E-state index is -2.38. The van der Waals surface area contributed by atoms with Gasteiger partial charge in [0.2, 0.25) is 0 Å². The molecule has 0 aliphatic carbocycles. The number of furan rings is 1. The molecule has 0 fully saturated rings. The van der Waals surface area contributed by atoms with Gasteiger partial charge in [-0.15, -0.1) is 17.7 Å². The molecule has 0 spiro atoms. The Morgan fingerprint density at radius 2 is 1.59 bits per heavy atom. The van der Waals surface area contributed by atoms with Crippen molar-refractivity contribution in [1.82, 2.24) is 9.97 Å². The Labute approximate surface area is 359 Å². The number of benzene rings is 5. The van der Waals surface area contributed by atoms with Gasteiger partial charge in [-0.25, -0.2) is 0 Å². The smallest absolute Gasteiger partial charge is 0 e. The van der Waals surface area contributed by atoms with Crippen LogP contribution >= 0.6 is 0 Å². The van der Waals surface area contributed by atoms with Crippen molar-refractivity contribution < 1.29 is 34.1 Å². The molecule has 0 bridgehead atoms. The van der Waals surface area contributed by atoms with E-state index in [1.807, 2.05) is 134 Å². The SMILES string of the molecule is [2H]C([2H])([2H])c1c[c-]c(-c2cc(C([2H])(C)C)ccn2)c2oc3cc4c(C([2H])(C)C)cc5ccccc5c4cc3c12.[2H]C([2H])(c1cc(-c2[c-]cccc2)nc[c]1[Ge]([CH3])([CH3])[CH3])C(C)(C)C.[Ir].